The number of benzene rings is 1. The van der Waals surface area contributed by atoms with E-state index in [1.54, 1.807) is 25.7 Å². The third kappa shape index (κ3) is 4.39. The van der Waals surface area contributed by atoms with Crippen molar-refractivity contribution in [3.8, 4) is 11.5 Å². The van der Waals surface area contributed by atoms with Crippen LogP contribution in [0.3, 0.4) is 0 Å². The number of hydrogen-bond donors (Lipinski definition) is 2. The van der Waals surface area contributed by atoms with Gasteiger partial charge >= 0.3 is 6.09 Å². The molecule has 0 unspecified atom stereocenters. The molecular formula is C26H30FN3O6S. The van der Waals surface area contributed by atoms with Crippen molar-refractivity contribution in [2.45, 2.75) is 64.6 Å². The average molecular weight is 532 g/mol. The summed E-state index contributed by atoms with van der Waals surface area (Å²) in [7, 11) is 1.43. The van der Waals surface area contributed by atoms with Crippen LogP contribution in [-0.4, -0.2) is 53.4 Å². The first kappa shape index (κ1) is 25.3. The van der Waals surface area contributed by atoms with E-state index in [0.717, 1.165) is 24.2 Å². The molecule has 5 rings (SSSR count). The highest BCUT2D eigenvalue weighted by atomic mass is 32.1. The number of pyridine rings is 1. The van der Waals surface area contributed by atoms with Crippen LogP contribution in [0.2, 0.25) is 0 Å². The highest BCUT2D eigenvalue weighted by Gasteiger charge is 2.35. The smallest absolute Gasteiger partial charge is 0.407 e. The Morgan fingerprint density at radius 2 is 1.95 bits per heavy atom. The minimum atomic E-state index is -0.637. The number of rotatable bonds is 5. The van der Waals surface area contributed by atoms with Crippen LogP contribution in [0, 0.1) is 5.82 Å². The van der Waals surface area contributed by atoms with E-state index in [9.17, 15) is 19.5 Å². The molecule has 2 aromatic heterocycles. The monoisotopic (exact) mass is 531 g/mol. The van der Waals surface area contributed by atoms with Crippen molar-refractivity contribution < 1.29 is 28.6 Å². The lowest BCUT2D eigenvalue weighted by atomic mass is 10.1. The number of hydrogen-bond acceptors (Lipinski definition) is 8. The second-order valence-corrected chi connectivity index (χ2v) is 11.7. The summed E-state index contributed by atoms with van der Waals surface area (Å²) in [6.07, 6.45) is 1.74. The van der Waals surface area contributed by atoms with Crippen LogP contribution in [0.15, 0.2) is 10.9 Å². The summed E-state index contributed by atoms with van der Waals surface area (Å²) in [6, 6.07) is 0.971. The number of aromatic hydroxyl groups is 1. The number of amides is 1. The molecule has 11 heteroatoms. The molecule has 3 heterocycles. The minimum Gasteiger partial charge on any atom is -0.505 e. The second kappa shape index (κ2) is 8.90. The highest BCUT2D eigenvalue weighted by Crippen LogP contribution is 2.48. The molecule has 1 saturated heterocycles. The number of ether oxygens (including phenoxy) is 2. The number of methoxy groups -OCH3 is 1. The fourth-order valence-electron chi connectivity index (χ4n) is 5.00. The maximum atomic E-state index is 15.7. The third-order valence-corrected chi connectivity index (χ3v) is 7.92. The van der Waals surface area contributed by atoms with Gasteiger partial charge in [-0.2, -0.15) is 0 Å². The molecule has 1 saturated carbocycles. The van der Waals surface area contributed by atoms with Gasteiger partial charge in [0.25, 0.3) is 0 Å². The van der Waals surface area contributed by atoms with E-state index in [4.69, 9.17) is 9.47 Å². The zero-order valence-electron chi connectivity index (χ0n) is 21.4. The molecule has 1 aliphatic heterocycles. The topological polar surface area (TPSA) is 110 Å². The second-order valence-electron chi connectivity index (χ2n) is 10.7. The lowest BCUT2D eigenvalue weighted by Gasteiger charge is -2.25. The van der Waals surface area contributed by atoms with Gasteiger partial charge in [-0.15, -0.1) is 11.3 Å². The van der Waals surface area contributed by atoms with Crippen LogP contribution in [0.1, 0.15) is 62.7 Å². The van der Waals surface area contributed by atoms with Gasteiger partial charge in [0.05, 0.1) is 24.1 Å². The van der Waals surface area contributed by atoms with Crippen LogP contribution in [0.4, 0.5) is 14.9 Å². The standard InChI is InChI=1S/C26H30FN3O6S/c1-12(31)23-21(33)17-20(32)15-10-16(27)19(22(35-5)18(15)30(14-6-7-14)24(17)37-23)29-9-8-13(11-29)28-25(34)36-26(2,3)4/h10,13-14,33H,6-9,11H2,1-5H3,(H,28,34)/t13-/m0/s1. The molecular weight excluding hydrogens is 501 g/mol. The maximum absolute atomic E-state index is 15.7. The summed E-state index contributed by atoms with van der Waals surface area (Å²) >= 11 is 1.07. The van der Waals surface area contributed by atoms with Crippen LogP contribution >= 0.6 is 11.3 Å². The largest absolute Gasteiger partial charge is 0.505 e. The Morgan fingerprint density at radius 1 is 1.24 bits per heavy atom. The fourth-order valence-corrected chi connectivity index (χ4v) is 6.17. The van der Waals surface area contributed by atoms with Gasteiger partial charge in [-0.3, -0.25) is 9.59 Å². The van der Waals surface area contributed by atoms with Crippen molar-refractivity contribution in [2.24, 2.45) is 0 Å². The van der Waals surface area contributed by atoms with Gasteiger partial charge in [0.2, 0.25) is 5.43 Å². The van der Waals surface area contributed by atoms with E-state index in [0.29, 0.717) is 29.9 Å². The predicted octanol–water partition coefficient (Wildman–Crippen LogP) is 4.71. The Bertz CT molecular complexity index is 1500. The summed E-state index contributed by atoms with van der Waals surface area (Å²) in [6.45, 7) is 7.49. The van der Waals surface area contributed by atoms with Gasteiger partial charge in [0.1, 0.15) is 26.4 Å². The fraction of sp³-hybridized carbons (Fsp3) is 0.500. The van der Waals surface area contributed by atoms with Crippen molar-refractivity contribution in [2.75, 3.05) is 25.1 Å². The summed E-state index contributed by atoms with van der Waals surface area (Å²) in [4.78, 5) is 40.3. The van der Waals surface area contributed by atoms with Crippen LogP contribution in [-0.2, 0) is 4.74 Å². The number of carbonyl (C=O) groups is 2. The van der Waals surface area contributed by atoms with Crippen LogP contribution in [0.25, 0.3) is 21.1 Å². The Balaban J connectivity index is 1.64. The molecule has 2 aliphatic rings. The lowest BCUT2D eigenvalue weighted by Crippen LogP contribution is -2.40. The summed E-state index contributed by atoms with van der Waals surface area (Å²) in [5.41, 5.74) is -0.521. The lowest BCUT2D eigenvalue weighted by molar-refractivity contribution is 0.0509. The van der Waals surface area contributed by atoms with E-state index in [-0.39, 0.29) is 50.7 Å². The first-order valence-electron chi connectivity index (χ1n) is 12.3. The Morgan fingerprint density at radius 3 is 2.54 bits per heavy atom. The molecule has 2 fully saturated rings. The normalized spacial score (nSPS) is 18.0. The number of nitrogens with zero attached hydrogens (tertiary/aromatic N) is 2. The van der Waals surface area contributed by atoms with Gasteiger partial charge < -0.3 is 29.4 Å². The third-order valence-electron chi connectivity index (χ3n) is 6.64. The predicted molar refractivity (Wildman–Crippen MR) is 140 cm³/mol. The van der Waals surface area contributed by atoms with Gasteiger partial charge in [0, 0.05) is 26.1 Å². The van der Waals surface area contributed by atoms with E-state index in [2.05, 4.69) is 5.32 Å². The molecule has 198 valence electrons. The number of nitrogens with one attached hydrogen (secondary N) is 1. The quantitative estimate of drug-likeness (QED) is 0.459. The maximum Gasteiger partial charge on any atom is 0.407 e. The molecule has 2 N–H and O–H groups in total. The SMILES string of the molecule is COc1c(N2CC[C@H](NC(=O)OC(C)(C)C)C2)c(F)cc2c(=O)c3c(O)c(C(C)=O)sc3n(C3CC3)c12. The molecule has 1 aliphatic carbocycles. The molecule has 1 amide bonds. The molecule has 9 nitrogen and oxygen atoms in total. The van der Waals surface area contributed by atoms with Crippen LogP contribution in [0.5, 0.6) is 11.5 Å². The summed E-state index contributed by atoms with van der Waals surface area (Å²) in [5.74, 6) is -1.12. The number of alkyl carbamates (subject to hydrolysis) is 1. The van der Waals surface area contributed by atoms with E-state index in [1.165, 1.54) is 20.1 Å². The number of halogens is 1. The number of carbonyl (C=O) groups excluding carboxylic acids is 2. The summed E-state index contributed by atoms with van der Waals surface area (Å²) in [5, 5.41) is 13.7. The van der Waals surface area contributed by atoms with Gasteiger partial charge in [0.15, 0.2) is 23.1 Å². The molecule has 0 bridgehead atoms. The number of thiophene rings is 1. The number of ketones is 1. The Labute approximate surface area is 216 Å². The molecule has 3 aromatic rings. The van der Waals surface area contributed by atoms with Crippen molar-refractivity contribution in [3.63, 3.8) is 0 Å². The van der Waals surface area contributed by atoms with Gasteiger partial charge in [-0.1, -0.05) is 0 Å². The van der Waals surface area contributed by atoms with Gasteiger partial charge in [-0.05, 0) is 46.1 Å². The minimum absolute atomic E-state index is 0.0339. The highest BCUT2D eigenvalue weighted by molar-refractivity contribution is 7.21. The summed E-state index contributed by atoms with van der Waals surface area (Å²) < 4.78 is 28.7. The van der Waals surface area contributed by atoms with E-state index < -0.39 is 22.9 Å². The van der Waals surface area contributed by atoms with Crippen molar-refractivity contribution in [3.05, 3.63) is 27.0 Å². The number of fused-ring (bicyclic) bond motifs is 2. The molecule has 0 spiro atoms. The number of aromatic nitrogens is 1. The molecule has 1 aromatic carbocycles. The van der Waals surface area contributed by atoms with Crippen molar-refractivity contribution in [1.29, 1.82) is 0 Å². The van der Waals surface area contributed by atoms with E-state index >= 15 is 4.39 Å². The zero-order chi connectivity index (χ0) is 26.8. The Hall–Kier alpha value is -3.34. The first-order valence-corrected chi connectivity index (χ1v) is 13.1. The number of Topliss-reactive ketones (excluding diaryl/α,β-unsaturated/α-hetero) is 1. The average Bonchev–Trinajstić information content (AvgIpc) is 3.43. The van der Waals surface area contributed by atoms with Crippen molar-refractivity contribution in [1.82, 2.24) is 9.88 Å². The first-order chi connectivity index (χ1) is 17.4. The Kier molecular flexibility index (Phi) is 6.09. The van der Waals surface area contributed by atoms with E-state index in [1.807, 2.05) is 4.57 Å². The molecule has 37 heavy (non-hydrogen) atoms. The van der Waals surface area contributed by atoms with Crippen molar-refractivity contribution >= 4 is 50.0 Å². The zero-order valence-corrected chi connectivity index (χ0v) is 22.3. The number of anilines is 1. The molecule has 0 radical (unpaired) electrons. The van der Waals surface area contributed by atoms with Gasteiger partial charge in [-0.25, -0.2) is 9.18 Å². The van der Waals surface area contributed by atoms with Crippen LogP contribution < -0.4 is 20.4 Å². The molecule has 1 atom stereocenters.